The molecule has 0 radical (unpaired) electrons. The van der Waals surface area contributed by atoms with Gasteiger partial charge in [-0.15, -0.1) is 0 Å². The minimum Gasteiger partial charge on any atom is -0.489 e. The van der Waals surface area contributed by atoms with Gasteiger partial charge in [0.25, 0.3) is 0 Å². The summed E-state index contributed by atoms with van der Waals surface area (Å²) < 4.78 is 5.81. The lowest BCUT2D eigenvalue weighted by atomic mass is 10.1. The molecule has 0 aliphatic rings. The molecule has 0 bridgehead atoms. The summed E-state index contributed by atoms with van der Waals surface area (Å²) in [6, 6.07) is 26.9. The summed E-state index contributed by atoms with van der Waals surface area (Å²) >= 11 is 0. The molecule has 0 aromatic heterocycles. The Balaban J connectivity index is 1.56. The van der Waals surface area contributed by atoms with E-state index in [2.05, 4.69) is 11.4 Å². The number of hydrogen-bond acceptors (Lipinski definition) is 3. The number of anilines is 1. The zero-order valence-corrected chi connectivity index (χ0v) is 15.3. The van der Waals surface area contributed by atoms with Crippen molar-refractivity contribution in [3.8, 4) is 11.8 Å². The number of ether oxygens (including phenoxy) is 1. The van der Waals surface area contributed by atoms with Crippen LogP contribution < -0.4 is 10.1 Å². The minimum atomic E-state index is -0.219. The van der Waals surface area contributed by atoms with Crippen molar-refractivity contribution in [1.29, 1.82) is 5.26 Å². The maximum absolute atomic E-state index is 12.1. The smallest absolute Gasteiger partial charge is 0.248 e. The van der Waals surface area contributed by atoms with Crippen LogP contribution in [0.3, 0.4) is 0 Å². The molecule has 1 amide bonds. The Hall–Kier alpha value is -3.84. The summed E-state index contributed by atoms with van der Waals surface area (Å²) in [5, 5.41) is 11.5. The van der Waals surface area contributed by atoms with Gasteiger partial charge in [-0.3, -0.25) is 4.79 Å². The summed E-state index contributed by atoms with van der Waals surface area (Å²) in [5.74, 6) is 0.531. The van der Waals surface area contributed by atoms with Crippen LogP contribution in [0.4, 0.5) is 5.69 Å². The first-order valence-electron chi connectivity index (χ1n) is 8.95. The molecular formula is C24H20N2O2. The summed E-state index contributed by atoms with van der Waals surface area (Å²) in [4.78, 5) is 12.1. The molecule has 0 saturated heterocycles. The van der Waals surface area contributed by atoms with Gasteiger partial charge in [0, 0.05) is 11.8 Å². The monoisotopic (exact) mass is 368 g/mol. The van der Waals surface area contributed by atoms with Crippen molar-refractivity contribution in [2.24, 2.45) is 0 Å². The maximum Gasteiger partial charge on any atom is 0.248 e. The highest BCUT2D eigenvalue weighted by molar-refractivity contribution is 6.01. The van der Waals surface area contributed by atoms with Crippen LogP contribution in [0.25, 0.3) is 6.08 Å². The molecule has 4 nitrogen and oxygen atoms in total. The first-order valence-corrected chi connectivity index (χ1v) is 8.95. The Morgan fingerprint density at radius 1 is 0.964 bits per heavy atom. The Morgan fingerprint density at radius 3 is 2.50 bits per heavy atom. The highest BCUT2D eigenvalue weighted by atomic mass is 16.5. The SMILES string of the molecule is N#CCc1ccc(NC(=O)/C=C/c2cccc(OCc3ccccc3)c2)cc1. The third-order valence-electron chi connectivity index (χ3n) is 4.04. The lowest BCUT2D eigenvalue weighted by molar-refractivity contribution is -0.111. The van der Waals surface area contributed by atoms with Gasteiger partial charge in [0.05, 0.1) is 12.5 Å². The fourth-order valence-electron chi connectivity index (χ4n) is 2.60. The summed E-state index contributed by atoms with van der Waals surface area (Å²) in [6.07, 6.45) is 3.59. The molecule has 0 unspecified atom stereocenters. The second kappa shape index (κ2) is 9.75. The first kappa shape index (κ1) is 18.9. The average molecular weight is 368 g/mol. The lowest BCUT2D eigenvalue weighted by Crippen LogP contribution is -2.07. The Morgan fingerprint density at radius 2 is 1.75 bits per heavy atom. The van der Waals surface area contributed by atoms with E-state index in [4.69, 9.17) is 10.00 Å². The van der Waals surface area contributed by atoms with Gasteiger partial charge < -0.3 is 10.1 Å². The average Bonchev–Trinajstić information content (AvgIpc) is 2.73. The van der Waals surface area contributed by atoms with Crippen molar-refractivity contribution in [2.45, 2.75) is 13.0 Å². The van der Waals surface area contributed by atoms with E-state index < -0.39 is 0 Å². The summed E-state index contributed by atoms with van der Waals surface area (Å²) in [5.41, 5.74) is 3.59. The predicted octanol–water partition coefficient (Wildman–Crippen LogP) is 4.98. The molecule has 138 valence electrons. The molecule has 0 atom stereocenters. The van der Waals surface area contributed by atoms with Crippen LogP contribution in [-0.4, -0.2) is 5.91 Å². The van der Waals surface area contributed by atoms with E-state index in [1.165, 1.54) is 6.08 Å². The fourth-order valence-corrected chi connectivity index (χ4v) is 2.60. The van der Waals surface area contributed by atoms with Crippen LogP contribution in [0.1, 0.15) is 16.7 Å². The molecular weight excluding hydrogens is 348 g/mol. The minimum absolute atomic E-state index is 0.219. The van der Waals surface area contributed by atoms with E-state index in [-0.39, 0.29) is 5.91 Å². The van der Waals surface area contributed by atoms with Crippen LogP contribution in [0.15, 0.2) is 84.9 Å². The molecule has 0 aliphatic carbocycles. The third-order valence-corrected chi connectivity index (χ3v) is 4.04. The van der Waals surface area contributed by atoms with Crippen molar-refractivity contribution in [3.63, 3.8) is 0 Å². The fraction of sp³-hybridized carbons (Fsp3) is 0.0833. The van der Waals surface area contributed by atoms with Gasteiger partial charge in [-0.1, -0.05) is 54.6 Å². The van der Waals surface area contributed by atoms with Crippen LogP contribution in [0, 0.1) is 11.3 Å². The van der Waals surface area contributed by atoms with Crippen molar-refractivity contribution in [1.82, 2.24) is 0 Å². The van der Waals surface area contributed by atoms with Crippen LogP contribution in [0.5, 0.6) is 5.75 Å². The Kier molecular flexibility index (Phi) is 6.59. The number of carbonyl (C=O) groups is 1. The van der Waals surface area contributed by atoms with Crippen molar-refractivity contribution < 1.29 is 9.53 Å². The second-order valence-electron chi connectivity index (χ2n) is 6.20. The number of benzene rings is 3. The van der Waals surface area contributed by atoms with E-state index >= 15 is 0 Å². The summed E-state index contributed by atoms with van der Waals surface area (Å²) in [6.45, 7) is 0.496. The van der Waals surface area contributed by atoms with Gasteiger partial charge in [0.1, 0.15) is 12.4 Å². The van der Waals surface area contributed by atoms with E-state index in [1.54, 1.807) is 18.2 Å². The molecule has 0 heterocycles. The largest absolute Gasteiger partial charge is 0.489 e. The topological polar surface area (TPSA) is 62.1 Å². The first-order chi connectivity index (χ1) is 13.7. The highest BCUT2D eigenvalue weighted by Gasteiger charge is 2.00. The highest BCUT2D eigenvalue weighted by Crippen LogP contribution is 2.16. The second-order valence-corrected chi connectivity index (χ2v) is 6.20. The van der Waals surface area contributed by atoms with Gasteiger partial charge >= 0.3 is 0 Å². The predicted molar refractivity (Wildman–Crippen MR) is 111 cm³/mol. The molecule has 0 fully saturated rings. The number of nitrogens with one attached hydrogen (secondary N) is 1. The van der Waals surface area contributed by atoms with Crippen molar-refractivity contribution in [2.75, 3.05) is 5.32 Å². The standard InChI is InChI=1S/C24H20N2O2/c25-16-15-19-9-12-22(13-10-19)26-24(27)14-11-20-7-4-8-23(17-20)28-18-21-5-2-1-3-6-21/h1-14,17H,15,18H2,(H,26,27)/b14-11+. The third kappa shape index (κ3) is 5.86. The number of hydrogen-bond donors (Lipinski definition) is 1. The van der Waals surface area contributed by atoms with Crippen molar-refractivity contribution >= 4 is 17.7 Å². The molecule has 1 N–H and O–H groups in total. The molecule has 4 heteroatoms. The Labute approximate surface area is 164 Å². The zero-order chi connectivity index (χ0) is 19.6. The molecule has 0 saturated carbocycles. The van der Waals surface area contributed by atoms with Gasteiger partial charge in [-0.25, -0.2) is 0 Å². The Bertz CT molecular complexity index is 987. The van der Waals surface area contributed by atoms with Gasteiger partial charge in [-0.2, -0.15) is 5.26 Å². The molecule has 28 heavy (non-hydrogen) atoms. The molecule has 3 rings (SSSR count). The van der Waals surface area contributed by atoms with Crippen LogP contribution >= 0.6 is 0 Å². The van der Waals surface area contributed by atoms with E-state index in [1.807, 2.05) is 66.7 Å². The van der Waals surface area contributed by atoms with Crippen molar-refractivity contribution in [3.05, 3.63) is 102 Å². The van der Waals surface area contributed by atoms with Gasteiger partial charge in [0.15, 0.2) is 0 Å². The van der Waals surface area contributed by atoms with E-state index in [0.717, 1.165) is 22.4 Å². The van der Waals surface area contributed by atoms with E-state index in [9.17, 15) is 4.79 Å². The lowest BCUT2D eigenvalue weighted by Gasteiger charge is -2.07. The van der Waals surface area contributed by atoms with Crippen LogP contribution in [-0.2, 0) is 17.8 Å². The number of amides is 1. The number of carbonyl (C=O) groups excluding carboxylic acids is 1. The normalized spacial score (nSPS) is 10.4. The molecule has 3 aromatic carbocycles. The van der Waals surface area contributed by atoms with Crippen LogP contribution in [0.2, 0.25) is 0 Å². The van der Waals surface area contributed by atoms with E-state index in [0.29, 0.717) is 18.7 Å². The van der Waals surface area contributed by atoms with Gasteiger partial charge in [0.2, 0.25) is 5.91 Å². The molecule has 3 aromatic rings. The molecule has 0 aliphatic heterocycles. The van der Waals surface area contributed by atoms with Gasteiger partial charge in [-0.05, 0) is 47.0 Å². The molecule has 0 spiro atoms. The number of nitriles is 1. The summed E-state index contributed by atoms with van der Waals surface area (Å²) in [7, 11) is 0. The number of nitrogens with zero attached hydrogens (tertiary/aromatic N) is 1. The maximum atomic E-state index is 12.1. The number of rotatable bonds is 7. The quantitative estimate of drug-likeness (QED) is 0.598. The zero-order valence-electron chi connectivity index (χ0n) is 15.3.